The van der Waals surface area contributed by atoms with Crippen molar-refractivity contribution in [1.29, 1.82) is 0 Å². The van der Waals surface area contributed by atoms with Crippen LogP contribution in [0.3, 0.4) is 0 Å². The summed E-state index contributed by atoms with van der Waals surface area (Å²) in [5.41, 5.74) is 20.8. The molecule has 0 spiro atoms. The van der Waals surface area contributed by atoms with Crippen molar-refractivity contribution in [1.82, 2.24) is 4.57 Å². The first kappa shape index (κ1) is 44.5. The molecule has 10 aromatic carbocycles. The second-order valence-corrected chi connectivity index (χ2v) is 22.1. The van der Waals surface area contributed by atoms with Gasteiger partial charge in [-0.3, -0.25) is 0 Å². The highest BCUT2D eigenvalue weighted by Gasteiger charge is 2.37. The minimum atomic E-state index is -0.0217. The van der Waals surface area contributed by atoms with Crippen LogP contribution in [0.15, 0.2) is 248 Å². The second-order valence-electron chi connectivity index (χ2n) is 22.1. The van der Waals surface area contributed by atoms with Crippen LogP contribution in [0.4, 0.5) is 11.4 Å². The molecule has 1 atom stereocenters. The van der Waals surface area contributed by atoms with E-state index in [2.05, 4.69) is 288 Å². The molecule has 2 nitrogen and oxygen atoms in total. The Kier molecular flexibility index (Phi) is 10.4. The third kappa shape index (κ3) is 7.63. The number of hydrogen-bond acceptors (Lipinski definition) is 1. The number of aromatic nitrogens is 1. The van der Waals surface area contributed by atoms with Crippen LogP contribution in [0.1, 0.15) is 58.2 Å². The molecule has 0 N–H and O–H groups in total. The highest BCUT2D eigenvalue weighted by molar-refractivity contribution is 6.14. The molecule has 11 aromatic rings. The summed E-state index contributed by atoms with van der Waals surface area (Å²) in [4.78, 5) is 2.58. The fraction of sp³-hybridized carbons (Fsp3) is 0.127. The van der Waals surface area contributed by atoms with Crippen LogP contribution in [0.25, 0.3) is 88.0 Å². The number of allylic oxidation sites excluding steroid dienone is 5. The lowest BCUT2D eigenvalue weighted by Gasteiger charge is -2.33. The van der Waals surface area contributed by atoms with Crippen LogP contribution >= 0.6 is 0 Å². The van der Waals surface area contributed by atoms with Crippen molar-refractivity contribution in [2.24, 2.45) is 5.92 Å². The van der Waals surface area contributed by atoms with Gasteiger partial charge in [0.15, 0.2) is 0 Å². The van der Waals surface area contributed by atoms with Crippen molar-refractivity contribution >= 4 is 60.3 Å². The van der Waals surface area contributed by atoms with E-state index in [0.29, 0.717) is 0 Å². The zero-order valence-corrected chi connectivity index (χ0v) is 42.5. The number of anilines is 2. The van der Waals surface area contributed by atoms with Crippen molar-refractivity contribution in [2.45, 2.75) is 52.4 Å². The Hall–Kier alpha value is -8.46. The number of rotatable bonds is 8. The summed E-state index contributed by atoms with van der Waals surface area (Å²) in [6.45, 7) is 14.0. The lowest BCUT2D eigenvalue weighted by Crippen LogP contribution is -2.20. The molecule has 0 bridgehead atoms. The average Bonchev–Trinajstić information content (AvgIpc) is 4.13. The first-order valence-corrected chi connectivity index (χ1v) is 25.9. The normalized spacial score (nSPS) is 14.5. The predicted octanol–water partition coefficient (Wildman–Crippen LogP) is 19.4. The summed E-state index contributed by atoms with van der Waals surface area (Å²) < 4.78 is 2.49. The molecule has 73 heavy (non-hydrogen) atoms. The Morgan fingerprint density at radius 3 is 1.79 bits per heavy atom. The summed E-state index contributed by atoms with van der Waals surface area (Å²) in [5, 5.41) is 7.45. The number of hydrogen-bond donors (Lipinski definition) is 0. The first-order valence-electron chi connectivity index (χ1n) is 25.9. The van der Waals surface area contributed by atoms with Gasteiger partial charge in [-0.05, 0) is 125 Å². The van der Waals surface area contributed by atoms with Gasteiger partial charge in [0.1, 0.15) is 0 Å². The largest absolute Gasteiger partial charge is 0.310 e. The lowest BCUT2D eigenvalue weighted by molar-refractivity contribution is 0.569. The Morgan fingerprint density at radius 2 is 1.01 bits per heavy atom. The quantitative estimate of drug-likeness (QED) is 0.147. The fourth-order valence-electron chi connectivity index (χ4n) is 11.6. The van der Waals surface area contributed by atoms with Crippen LogP contribution in [-0.4, -0.2) is 4.57 Å². The molecule has 0 unspecified atom stereocenters. The van der Waals surface area contributed by atoms with Gasteiger partial charge in [-0.2, -0.15) is 0 Å². The molecule has 0 aliphatic heterocycles. The smallest absolute Gasteiger partial charge is 0.0617 e. The van der Waals surface area contributed by atoms with Crippen LogP contribution in [-0.2, 0) is 10.8 Å². The molecule has 0 radical (unpaired) electrons. The highest BCUT2D eigenvalue weighted by atomic mass is 15.2. The van der Waals surface area contributed by atoms with E-state index in [1.54, 1.807) is 0 Å². The van der Waals surface area contributed by atoms with Crippen molar-refractivity contribution in [2.75, 3.05) is 4.90 Å². The van der Waals surface area contributed by atoms with E-state index < -0.39 is 0 Å². The van der Waals surface area contributed by atoms with E-state index in [4.69, 9.17) is 0 Å². The number of benzene rings is 10. The SMILES string of the molecule is CC(C)(C)c1cc(-c2cccc3cccc(-c4ccccc4N(C4=C(c5cccc6c7ccccc7n(-c7ccccc7)c56)[C@H]5C=C5C=C4)c4cccc(-c5cccc6ccccc56)c4)c23)cc(C(C)(C)C)c1. The molecule has 0 amide bonds. The number of fused-ring (bicyclic) bond motifs is 6. The van der Waals surface area contributed by atoms with Crippen molar-refractivity contribution in [3.05, 3.63) is 265 Å². The van der Waals surface area contributed by atoms with Crippen molar-refractivity contribution in [3.63, 3.8) is 0 Å². The fourth-order valence-corrected chi connectivity index (χ4v) is 11.6. The van der Waals surface area contributed by atoms with Crippen molar-refractivity contribution < 1.29 is 0 Å². The van der Waals surface area contributed by atoms with E-state index in [9.17, 15) is 0 Å². The average molecular weight is 939 g/mol. The summed E-state index contributed by atoms with van der Waals surface area (Å²) >= 11 is 0. The lowest BCUT2D eigenvalue weighted by atomic mass is 9.78. The summed E-state index contributed by atoms with van der Waals surface area (Å²) in [6, 6.07) is 81.5. The van der Waals surface area contributed by atoms with Crippen LogP contribution in [0.2, 0.25) is 0 Å². The Bertz CT molecular complexity index is 4060. The van der Waals surface area contributed by atoms with E-state index in [0.717, 1.165) is 22.8 Å². The Balaban J connectivity index is 1.10. The summed E-state index contributed by atoms with van der Waals surface area (Å²) in [6.07, 6.45) is 7.19. The van der Waals surface area contributed by atoms with Gasteiger partial charge in [0.2, 0.25) is 0 Å². The molecule has 352 valence electrons. The van der Waals surface area contributed by atoms with Gasteiger partial charge in [-0.1, -0.05) is 236 Å². The predicted molar refractivity (Wildman–Crippen MR) is 312 cm³/mol. The molecule has 0 saturated heterocycles. The minimum absolute atomic E-state index is 0.0217. The molecule has 1 heterocycles. The molecule has 0 fully saturated rings. The van der Waals surface area contributed by atoms with E-state index >= 15 is 0 Å². The monoisotopic (exact) mass is 938 g/mol. The maximum absolute atomic E-state index is 2.58. The molecule has 13 rings (SSSR count). The van der Waals surface area contributed by atoms with E-state index in [1.807, 2.05) is 0 Å². The van der Waals surface area contributed by atoms with Crippen LogP contribution in [0.5, 0.6) is 0 Å². The molecule has 2 aliphatic rings. The zero-order valence-electron chi connectivity index (χ0n) is 42.5. The number of para-hydroxylation sites is 4. The van der Waals surface area contributed by atoms with Crippen molar-refractivity contribution in [3.8, 4) is 39.1 Å². The van der Waals surface area contributed by atoms with Crippen LogP contribution < -0.4 is 4.90 Å². The second kappa shape index (κ2) is 17.1. The maximum atomic E-state index is 2.58. The van der Waals surface area contributed by atoms with Gasteiger partial charge in [-0.15, -0.1) is 0 Å². The molecule has 2 aliphatic carbocycles. The molecular weight excluding hydrogens is 881 g/mol. The first-order chi connectivity index (χ1) is 35.5. The van der Waals surface area contributed by atoms with Gasteiger partial charge < -0.3 is 9.47 Å². The summed E-state index contributed by atoms with van der Waals surface area (Å²) in [5.74, 6) is 0.167. The zero-order chi connectivity index (χ0) is 49.6. The maximum Gasteiger partial charge on any atom is 0.0617 e. The van der Waals surface area contributed by atoms with Gasteiger partial charge in [0, 0.05) is 39.2 Å². The minimum Gasteiger partial charge on any atom is -0.310 e. The van der Waals surface area contributed by atoms with E-state index in [1.165, 1.54) is 105 Å². The van der Waals surface area contributed by atoms with Crippen LogP contribution in [0, 0.1) is 5.92 Å². The Labute approximate surface area is 429 Å². The van der Waals surface area contributed by atoms with Gasteiger partial charge in [-0.25, -0.2) is 0 Å². The molecule has 1 aromatic heterocycles. The Morgan fingerprint density at radius 1 is 0.425 bits per heavy atom. The third-order valence-corrected chi connectivity index (χ3v) is 15.4. The molecule has 2 heteroatoms. The topological polar surface area (TPSA) is 8.17 Å². The number of nitrogens with zero attached hydrogens (tertiary/aromatic N) is 2. The van der Waals surface area contributed by atoms with Gasteiger partial charge in [0.25, 0.3) is 0 Å². The van der Waals surface area contributed by atoms with E-state index in [-0.39, 0.29) is 16.7 Å². The molecular formula is C71H58N2. The van der Waals surface area contributed by atoms with Gasteiger partial charge >= 0.3 is 0 Å². The highest BCUT2D eigenvalue weighted by Crippen LogP contribution is 2.53. The van der Waals surface area contributed by atoms with Gasteiger partial charge in [0.05, 0.1) is 22.4 Å². The standard InChI is InChI=1S/C71H58N2/c1-70(2,3)51-41-50(42-52(45-51)71(4,5)6)57-33-18-23-47-24-19-34-60(67(47)57)58-30-12-14-37-64(58)72(54-28-16-25-48(43-54)56-32-17-22-46-21-10-11-29-55(46)56)66-40-39-49-44-63(49)68(66)62-36-20-35-61-59-31-13-15-38-65(59)73(69(61)62)53-26-8-7-9-27-53/h7-45,63H,1-6H3/t63-/m0/s1. The third-order valence-electron chi connectivity index (χ3n) is 15.4. The molecule has 0 saturated carbocycles. The summed E-state index contributed by atoms with van der Waals surface area (Å²) in [7, 11) is 0.